The minimum absolute atomic E-state index is 0.0222. The molecular formula is C30H37N3O5S. The van der Waals surface area contributed by atoms with Crippen LogP contribution in [0.15, 0.2) is 83.8 Å². The zero-order chi connectivity index (χ0) is 28.6. The monoisotopic (exact) mass is 551 g/mol. The van der Waals surface area contributed by atoms with E-state index in [9.17, 15) is 18.0 Å². The van der Waals surface area contributed by atoms with Gasteiger partial charge in [0, 0.05) is 13.1 Å². The molecule has 3 aromatic carbocycles. The minimum atomic E-state index is -4.13. The zero-order valence-electron chi connectivity index (χ0n) is 23.1. The topological polar surface area (TPSA) is 96.0 Å². The number of nitrogens with zero attached hydrogens (tertiary/aromatic N) is 2. The van der Waals surface area contributed by atoms with E-state index in [0.29, 0.717) is 18.0 Å². The fraction of sp³-hybridized carbons (Fsp3) is 0.333. The first-order valence-electron chi connectivity index (χ1n) is 12.9. The number of benzene rings is 3. The maximum Gasteiger partial charge on any atom is 0.264 e. The van der Waals surface area contributed by atoms with E-state index in [1.165, 1.54) is 24.1 Å². The highest BCUT2D eigenvalue weighted by Gasteiger charge is 2.32. The number of amides is 2. The molecule has 1 N–H and O–H groups in total. The van der Waals surface area contributed by atoms with Crippen molar-refractivity contribution in [1.82, 2.24) is 10.2 Å². The predicted molar refractivity (Wildman–Crippen MR) is 153 cm³/mol. The van der Waals surface area contributed by atoms with Crippen LogP contribution >= 0.6 is 0 Å². The number of sulfonamides is 1. The third-order valence-corrected chi connectivity index (χ3v) is 8.08. The van der Waals surface area contributed by atoms with Crippen molar-refractivity contribution in [2.75, 3.05) is 24.5 Å². The smallest absolute Gasteiger partial charge is 0.264 e. The zero-order valence-corrected chi connectivity index (χ0v) is 23.9. The lowest BCUT2D eigenvalue weighted by molar-refractivity contribution is -0.139. The van der Waals surface area contributed by atoms with Crippen molar-refractivity contribution >= 4 is 27.5 Å². The van der Waals surface area contributed by atoms with Gasteiger partial charge < -0.3 is 15.0 Å². The Bertz CT molecular complexity index is 1340. The van der Waals surface area contributed by atoms with Crippen LogP contribution in [0.5, 0.6) is 5.75 Å². The van der Waals surface area contributed by atoms with E-state index < -0.39 is 28.5 Å². The molecule has 0 fully saturated rings. The summed E-state index contributed by atoms with van der Waals surface area (Å²) in [5.74, 6) is -0.0372. The number of ether oxygens (including phenoxy) is 1. The normalized spacial score (nSPS) is 12.1. The van der Waals surface area contributed by atoms with Gasteiger partial charge in [0.1, 0.15) is 18.3 Å². The highest BCUT2D eigenvalue weighted by molar-refractivity contribution is 7.92. The quantitative estimate of drug-likeness (QED) is 0.360. The van der Waals surface area contributed by atoms with E-state index in [0.717, 1.165) is 15.4 Å². The second-order valence-corrected chi connectivity index (χ2v) is 11.7. The summed E-state index contributed by atoms with van der Waals surface area (Å²) < 4.78 is 34.0. The Morgan fingerprint density at radius 1 is 0.897 bits per heavy atom. The molecule has 0 aliphatic rings. The number of aryl methyl sites for hydroxylation is 1. The van der Waals surface area contributed by atoms with Crippen LogP contribution in [0.2, 0.25) is 0 Å². The van der Waals surface area contributed by atoms with Gasteiger partial charge in [0.25, 0.3) is 10.0 Å². The van der Waals surface area contributed by atoms with Crippen molar-refractivity contribution in [2.24, 2.45) is 5.92 Å². The molecule has 1 atom stereocenters. The summed E-state index contributed by atoms with van der Waals surface area (Å²) >= 11 is 0. The molecule has 1 unspecified atom stereocenters. The lowest BCUT2D eigenvalue weighted by Crippen LogP contribution is -2.51. The van der Waals surface area contributed by atoms with Gasteiger partial charge in [-0.15, -0.1) is 0 Å². The highest BCUT2D eigenvalue weighted by atomic mass is 32.2. The average Bonchev–Trinajstić information content (AvgIpc) is 2.93. The molecule has 0 heterocycles. The molecule has 0 spiro atoms. The number of hydrogen-bond acceptors (Lipinski definition) is 5. The molecule has 3 rings (SSSR count). The fourth-order valence-corrected chi connectivity index (χ4v) is 5.34. The van der Waals surface area contributed by atoms with Gasteiger partial charge >= 0.3 is 0 Å². The van der Waals surface area contributed by atoms with Gasteiger partial charge in [0.15, 0.2) is 0 Å². The van der Waals surface area contributed by atoms with Crippen LogP contribution in [0.4, 0.5) is 5.69 Å². The molecule has 3 aromatic rings. The number of methoxy groups -OCH3 is 1. The molecule has 0 aromatic heterocycles. The standard InChI is InChI=1S/C30H37N3O5S/c1-22(2)19-31-30(35)24(4)32(20-25-9-7-6-8-10-25)29(34)21-33(26-13-11-23(3)12-14-26)39(36,37)28-17-15-27(38-5)16-18-28/h6-18,22,24H,19-21H2,1-5H3,(H,31,35). The fourth-order valence-electron chi connectivity index (χ4n) is 3.93. The minimum Gasteiger partial charge on any atom is -0.497 e. The van der Waals surface area contributed by atoms with Gasteiger partial charge in [0.05, 0.1) is 17.7 Å². The van der Waals surface area contributed by atoms with Crippen LogP contribution in [0.1, 0.15) is 31.9 Å². The van der Waals surface area contributed by atoms with Gasteiger partial charge in [-0.25, -0.2) is 8.42 Å². The Morgan fingerprint density at radius 2 is 1.51 bits per heavy atom. The number of hydrogen-bond donors (Lipinski definition) is 1. The van der Waals surface area contributed by atoms with Gasteiger partial charge in [0.2, 0.25) is 11.8 Å². The molecule has 8 nitrogen and oxygen atoms in total. The van der Waals surface area contributed by atoms with Gasteiger partial charge in [-0.3, -0.25) is 13.9 Å². The third kappa shape index (κ3) is 7.83. The van der Waals surface area contributed by atoms with Crippen molar-refractivity contribution in [3.05, 3.63) is 90.0 Å². The molecular weight excluding hydrogens is 514 g/mol. The van der Waals surface area contributed by atoms with Crippen LogP contribution in [0, 0.1) is 12.8 Å². The van der Waals surface area contributed by atoms with Crippen molar-refractivity contribution in [3.8, 4) is 5.75 Å². The largest absolute Gasteiger partial charge is 0.497 e. The van der Waals surface area contributed by atoms with Crippen LogP contribution < -0.4 is 14.4 Å². The number of carbonyl (C=O) groups excluding carboxylic acids is 2. The summed E-state index contributed by atoms with van der Waals surface area (Å²) in [4.78, 5) is 28.3. The SMILES string of the molecule is COc1ccc(S(=O)(=O)N(CC(=O)N(Cc2ccccc2)C(C)C(=O)NCC(C)C)c2ccc(C)cc2)cc1. The van der Waals surface area contributed by atoms with Gasteiger partial charge in [-0.05, 0) is 61.7 Å². The average molecular weight is 552 g/mol. The maximum absolute atomic E-state index is 13.9. The number of carbonyl (C=O) groups is 2. The van der Waals surface area contributed by atoms with Crippen LogP contribution in [-0.4, -0.2) is 51.4 Å². The van der Waals surface area contributed by atoms with E-state index in [2.05, 4.69) is 5.32 Å². The number of anilines is 1. The molecule has 0 saturated carbocycles. The van der Waals surface area contributed by atoms with E-state index in [1.54, 1.807) is 43.3 Å². The van der Waals surface area contributed by atoms with Crippen LogP contribution in [-0.2, 0) is 26.2 Å². The van der Waals surface area contributed by atoms with E-state index in [4.69, 9.17) is 4.74 Å². The first-order valence-corrected chi connectivity index (χ1v) is 14.3. The Labute approximate surface area is 231 Å². The Morgan fingerprint density at radius 3 is 2.08 bits per heavy atom. The second kappa shape index (κ2) is 13.3. The molecule has 2 amide bonds. The molecule has 208 valence electrons. The van der Waals surface area contributed by atoms with Crippen molar-refractivity contribution in [3.63, 3.8) is 0 Å². The van der Waals surface area contributed by atoms with Crippen molar-refractivity contribution in [1.29, 1.82) is 0 Å². The molecule has 0 radical (unpaired) electrons. The summed E-state index contributed by atoms with van der Waals surface area (Å²) in [5, 5.41) is 2.88. The first-order chi connectivity index (χ1) is 18.5. The predicted octanol–water partition coefficient (Wildman–Crippen LogP) is 4.39. The summed E-state index contributed by atoms with van der Waals surface area (Å²) in [6.07, 6.45) is 0. The van der Waals surface area contributed by atoms with Crippen LogP contribution in [0.3, 0.4) is 0 Å². The Kier molecular flexibility index (Phi) is 10.1. The highest BCUT2D eigenvalue weighted by Crippen LogP contribution is 2.26. The summed E-state index contributed by atoms with van der Waals surface area (Å²) in [6, 6.07) is 21.4. The Hall–Kier alpha value is -3.85. The number of nitrogens with one attached hydrogen (secondary N) is 1. The van der Waals surface area contributed by atoms with E-state index >= 15 is 0 Å². The number of rotatable bonds is 12. The molecule has 0 bridgehead atoms. The van der Waals surface area contributed by atoms with E-state index in [-0.39, 0.29) is 23.3 Å². The molecule has 39 heavy (non-hydrogen) atoms. The third-order valence-electron chi connectivity index (χ3n) is 6.30. The lowest BCUT2D eigenvalue weighted by Gasteiger charge is -2.32. The first kappa shape index (κ1) is 29.7. The van der Waals surface area contributed by atoms with Crippen molar-refractivity contribution < 1.29 is 22.7 Å². The Balaban J connectivity index is 1.99. The second-order valence-electron chi connectivity index (χ2n) is 9.84. The lowest BCUT2D eigenvalue weighted by atomic mass is 10.1. The summed E-state index contributed by atoms with van der Waals surface area (Å²) in [6.45, 7) is 7.67. The van der Waals surface area contributed by atoms with E-state index in [1.807, 2.05) is 51.1 Å². The molecule has 9 heteroatoms. The maximum atomic E-state index is 13.9. The molecule has 0 aliphatic carbocycles. The van der Waals surface area contributed by atoms with Crippen molar-refractivity contribution in [2.45, 2.75) is 45.2 Å². The van der Waals surface area contributed by atoms with Gasteiger partial charge in [-0.2, -0.15) is 0 Å². The molecule has 0 aliphatic heterocycles. The summed E-state index contributed by atoms with van der Waals surface area (Å²) in [5.41, 5.74) is 2.13. The van der Waals surface area contributed by atoms with Crippen LogP contribution in [0.25, 0.3) is 0 Å². The summed E-state index contributed by atoms with van der Waals surface area (Å²) in [7, 11) is -2.63. The van der Waals surface area contributed by atoms with Gasteiger partial charge in [-0.1, -0.05) is 61.9 Å². The molecule has 0 saturated heterocycles.